The summed E-state index contributed by atoms with van der Waals surface area (Å²) in [5.74, 6) is 0. The van der Waals surface area contributed by atoms with E-state index in [1.165, 1.54) is 0 Å². The van der Waals surface area contributed by atoms with Crippen molar-refractivity contribution in [1.82, 2.24) is 9.97 Å². The highest BCUT2D eigenvalue weighted by molar-refractivity contribution is 6.29. The van der Waals surface area contributed by atoms with E-state index < -0.39 is 0 Å². The number of nitriles is 2. The smallest absolute Gasteiger partial charge is 0.129 e. The van der Waals surface area contributed by atoms with Gasteiger partial charge in [-0.3, -0.25) is 4.98 Å². The number of rotatable bonds is 1. The van der Waals surface area contributed by atoms with Gasteiger partial charge >= 0.3 is 0 Å². The molecule has 1 fully saturated rings. The average molecular weight is 313 g/mol. The highest BCUT2D eigenvalue weighted by atomic mass is 35.5. The summed E-state index contributed by atoms with van der Waals surface area (Å²) in [4.78, 5) is 8.15. The third kappa shape index (κ3) is 4.02. The molecule has 2 aromatic rings. The van der Waals surface area contributed by atoms with Gasteiger partial charge < -0.3 is 4.74 Å². The summed E-state index contributed by atoms with van der Waals surface area (Å²) in [6, 6.07) is 11.0. The summed E-state index contributed by atoms with van der Waals surface area (Å²) in [6.45, 7) is 4.35. The second kappa shape index (κ2) is 7.00. The minimum atomic E-state index is 0.177. The van der Waals surface area contributed by atoms with Crippen LogP contribution >= 0.6 is 11.6 Å². The van der Waals surface area contributed by atoms with Crippen LogP contribution < -0.4 is 0 Å². The summed E-state index contributed by atoms with van der Waals surface area (Å²) in [5, 5.41) is 17.5. The summed E-state index contributed by atoms with van der Waals surface area (Å²) < 4.78 is 5.08. The van der Waals surface area contributed by atoms with E-state index in [0.717, 1.165) is 18.0 Å². The zero-order chi connectivity index (χ0) is 16.1. The van der Waals surface area contributed by atoms with Gasteiger partial charge in [-0.1, -0.05) is 11.6 Å². The highest BCUT2D eigenvalue weighted by Crippen LogP contribution is 2.28. The number of epoxide rings is 1. The van der Waals surface area contributed by atoms with Crippen molar-refractivity contribution < 1.29 is 4.74 Å². The molecule has 1 aliphatic heterocycles. The molecular weight excluding hydrogens is 300 g/mol. The Balaban J connectivity index is 0.000000164. The van der Waals surface area contributed by atoms with Crippen LogP contribution in [0.15, 0.2) is 24.3 Å². The third-order valence-corrected chi connectivity index (χ3v) is 3.27. The lowest BCUT2D eigenvalue weighted by Gasteiger charge is -1.98. The fourth-order valence-electron chi connectivity index (χ4n) is 1.75. The van der Waals surface area contributed by atoms with Crippen molar-refractivity contribution in [2.45, 2.75) is 20.0 Å². The Bertz CT molecular complexity index is 773. The number of aromatic nitrogens is 2. The molecule has 0 radical (unpaired) electrons. The molecule has 1 aliphatic rings. The Hall–Kier alpha value is -2.47. The number of nitrogens with zero attached hydrogens (tertiary/aromatic N) is 4. The quantitative estimate of drug-likeness (QED) is 0.596. The van der Waals surface area contributed by atoms with E-state index in [2.05, 4.69) is 16.0 Å². The van der Waals surface area contributed by atoms with Gasteiger partial charge in [0.15, 0.2) is 0 Å². The monoisotopic (exact) mass is 312 g/mol. The molecule has 0 aromatic carbocycles. The zero-order valence-electron chi connectivity index (χ0n) is 12.2. The lowest BCUT2D eigenvalue weighted by Crippen LogP contribution is -1.93. The van der Waals surface area contributed by atoms with Crippen LogP contribution in [-0.4, -0.2) is 16.6 Å². The van der Waals surface area contributed by atoms with E-state index in [1.807, 2.05) is 19.1 Å². The molecule has 0 amide bonds. The Morgan fingerprint density at radius 2 is 1.59 bits per heavy atom. The van der Waals surface area contributed by atoms with Gasteiger partial charge in [-0.2, -0.15) is 10.5 Å². The Labute approximate surface area is 133 Å². The summed E-state index contributed by atoms with van der Waals surface area (Å²) in [5.41, 5.74) is 3.61. The van der Waals surface area contributed by atoms with Crippen LogP contribution in [0.1, 0.15) is 34.3 Å². The fraction of sp³-hybridized carbons (Fsp3) is 0.250. The number of pyridine rings is 2. The fourth-order valence-corrected chi connectivity index (χ4v) is 1.94. The normalized spacial score (nSPS) is 15.0. The van der Waals surface area contributed by atoms with Gasteiger partial charge in [-0.05, 0) is 38.1 Å². The van der Waals surface area contributed by atoms with Gasteiger partial charge in [-0.15, -0.1) is 0 Å². The Morgan fingerprint density at radius 1 is 1.05 bits per heavy atom. The van der Waals surface area contributed by atoms with Crippen LogP contribution in [0.25, 0.3) is 0 Å². The third-order valence-electron chi connectivity index (χ3n) is 3.06. The van der Waals surface area contributed by atoms with Gasteiger partial charge in [0, 0.05) is 0 Å². The molecule has 0 aliphatic carbocycles. The summed E-state index contributed by atoms with van der Waals surface area (Å²) >= 11 is 5.55. The zero-order valence-corrected chi connectivity index (χ0v) is 12.9. The van der Waals surface area contributed by atoms with Crippen LogP contribution in [0.3, 0.4) is 0 Å². The van der Waals surface area contributed by atoms with Crippen LogP contribution in [0.4, 0.5) is 0 Å². The van der Waals surface area contributed by atoms with Crippen molar-refractivity contribution in [3.63, 3.8) is 0 Å². The first-order valence-corrected chi connectivity index (χ1v) is 6.95. The minimum Gasteiger partial charge on any atom is -0.366 e. The van der Waals surface area contributed by atoms with Gasteiger partial charge in [0.05, 0.1) is 34.8 Å². The van der Waals surface area contributed by atoms with E-state index in [9.17, 15) is 0 Å². The van der Waals surface area contributed by atoms with Crippen molar-refractivity contribution in [2.24, 2.45) is 0 Å². The molecule has 3 heterocycles. The van der Waals surface area contributed by atoms with E-state index >= 15 is 0 Å². The average Bonchev–Trinajstić information content (AvgIpc) is 3.32. The second-order valence-corrected chi connectivity index (χ2v) is 5.07. The van der Waals surface area contributed by atoms with Gasteiger partial charge in [-0.25, -0.2) is 4.98 Å². The van der Waals surface area contributed by atoms with Crippen LogP contribution in [0.2, 0.25) is 5.15 Å². The topological polar surface area (TPSA) is 85.9 Å². The minimum absolute atomic E-state index is 0.177. The van der Waals surface area contributed by atoms with Gasteiger partial charge in [0.25, 0.3) is 0 Å². The van der Waals surface area contributed by atoms with Crippen LogP contribution in [0, 0.1) is 36.5 Å². The lowest BCUT2D eigenvalue weighted by atomic mass is 10.2. The van der Waals surface area contributed by atoms with E-state index in [0.29, 0.717) is 22.0 Å². The first kappa shape index (κ1) is 15.9. The molecule has 6 heteroatoms. The molecule has 1 unspecified atom stereocenters. The number of hydrogen-bond acceptors (Lipinski definition) is 5. The van der Waals surface area contributed by atoms with E-state index in [-0.39, 0.29) is 6.10 Å². The SMILES string of the molecule is Cc1nc(C2CO2)ccc1C#N.Cc1nc(Cl)ccc1C#N. The number of aryl methyl sites for hydroxylation is 2. The maximum atomic E-state index is 8.64. The van der Waals surface area contributed by atoms with E-state index in [4.69, 9.17) is 26.9 Å². The summed E-state index contributed by atoms with van der Waals surface area (Å²) in [7, 11) is 0. The Kier molecular flexibility index (Phi) is 5.06. The molecule has 0 N–H and O–H groups in total. The first-order chi connectivity index (χ1) is 10.5. The molecule has 3 rings (SSSR count). The Morgan fingerprint density at radius 3 is 2.05 bits per heavy atom. The molecule has 110 valence electrons. The number of ether oxygens (including phenoxy) is 1. The first-order valence-electron chi connectivity index (χ1n) is 6.57. The second-order valence-electron chi connectivity index (χ2n) is 4.68. The van der Waals surface area contributed by atoms with Crippen molar-refractivity contribution in [3.05, 3.63) is 57.6 Å². The van der Waals surface area contributed by atoms with Gasteiger partial charge in [0.2, 0.25) is 0 Å². The van der Waals surface area contributed by atoms with Crippen LogP contribution in [0.5, 0.6) is 0 Å². The van der Waals surface area contributed by atoms with Gasteiger partial charge in [0.1, 0.15) is 23.4 Å². The lowest BCUT2D eigenvalue weighted by molar-refractivity contribution is 0.411. The molecule has 22 heavy (non-hydrogen) atoms. The summed E-state index contributed by atoms with van der Waals surface area (Å²) in [6.07, 6.45) is 0.177. The maximum Gasteiger partial charge on any atom is 0.129 e. The highest BCUT2D eigenvalue weighted by Gasteiger charge is 2.26. The van der Waals surface area contributed by atoms with Crippen molar-refractivity contribution in [2.75, 3.05) is 6.61 Å². The maximum absolute atomic E-state index is 8.64. The molecule has 1 saturated heterocycles. The molecule has 5 nitrogen and oxygen atoms in total. The molecular formula is C16H13ClN4O. The molecule has 0 bridgehead atoms. The van der Waals surface area contributed by atoms with Crippen molar-refractivity contribution in [1.29, 1.82) is 10.5 Å². The molecule has 2 aromatic heterocycles. The van der Waals surface area contributed by atoms with E-state index in [1.54, 1.807) is 25.1 Å². The molecule has 0 saturated carbocycles. The molecule has 0 spiro atoms. The number of hydrogen-bond donors (Lipinski definition) is 0. The van der Waals surface area contributed by atoms with Crippen molar-refractivity contribution >= 4 is 11.6 Å². The standard InChI is InChI=1S/C9H8N2O.C7H5ClN2/c1-6-7(4-10)2-3-8(11-6)9-5-12-9;1-5-6(4-9)2-3-7(8)10-5/h2-3,9H,5H2,1H3;2-3H,1H3. The predicted molar refractivity (Wildman–Crippen MR) is 81.1 cm³/mol. The largest absolute Gasteiger partial charge is 0.366 e. The molecule has 1 atom stereocenters. The van der Waals surface area contributed by atoms with Crippen LogP contribution in [-0.2, 0) is 4.74 Å². The predicted octanol–water partition coefficient (Wildman–Crippen LogP) is 3.25. The number of halogens is 1. The van der Waals surface area contributed by atoms with Crippen molar-refractivity contribution in [3.8, 4) is 12.1 Å².